The van der Waals surface area contributed by atoms with Crippen LogP contribution < -0.4 is 15.5 Å². The lowest BCUT2D eigenvalue weighted by molar-refractivity contribution is -0.126. The molecule has 2 aromatic rings. The van der Waals surface area contributed by atoms with Gasteiger partial charge in [-0.2, -0.15) is 0 Å². The lowest BCUT2D eigenvalue weighted by atomic mass is 10.0. The number of hydrogen-bond donors (Lipinski definition) is 2. The van der Waals surface area contributed by atoms with Crippen molar-refractivity contribution in [3.05, 3.63) is 59.9 Å². The average Bonchev–Trinajstić information content (AvgIpc) is 2.82. The molecule has 1 unspecified atom stereocenters. The molecule has 0 saturated carbocycles. The topological polar surface area (TPSA) is 64.7 Å². The molecule has 2 aromatic carbocycles. The van der Waals surface area contributed by atoms with Crippen molar-refractivity contribution in [1.82, 2.24) is 10.2 Å². The SMILES string of the molecule is CCNC(=O)C(c1ccccc1)N1CCN(c2ccc(NC(=O)C(CC)CC)cc2F)CC1. The van der Waals surface area contributed by atoms with Gasteiger partial charge in [-0.05, 0) is 43.5 Å². The molecule has 33 heavy (non-hydrogen) atoms. The number of nitrogens with one attached hydrogen (secondary N) is 2. The molecule has 0 aliphatic carbocycles. The van der Waals surface area contributed by atoms with E-state index in [2.05, 4.69) is 15.5 Å². The van der Waals surface area contributed by atoms with Crippen LogP contribution in [0, 0.1) is 11.7 Å². The Morgan fingerprint density at radius 3 is 2.18 bits per heavy atom. The first-order chi connectivity index (χ1) is 16.0. The summed E-state index contributed by atoms with van der Waals surface area (Å²) in [4.78, 5) is 29.3. The van der Waals surface area contributed by atoms with Crippen molar-refractivity contribution in [1.29, 1.82) is 0 Å². The summed E-state index contributed by atoms with van der Waals surface area (Å²) in [6, 6.07) is 14.3. The minimum Gasteiger partial charge on any atom is -0.367 e. The fourth-order valence-corrected chi connectivity index (χ4v) is 4.40. The zero-order valence-electron chi connectivity index (χ0n) is 19.8. The summed E-state index contributed by atoms with van der Waals surface area (Å²) in [6.45, 7) is 8.95. The van der Waals surface area contributed by atoms with Gasteiger partial charge in [0.1, 0.15) is 11.9 Å². The third-order valence-electron chi connectivity index (χ3n) is 6.31. The molecule has 1 saturated heterocycles. The number of nitrogens with zero attached hydrogens (tertiary/aromatic N) is 2. The van der Waals surface area contributed by atoms with Gasteiger partial charge in [0.2, 0.25) is 11.8 Å². The van der Waals surface area contributed by atoms with Crippen LogP contribution in [0.2, 0.25) is 0 Å². The van der Waals surface area contributed by atoms with Gasteiger partial charge in [-0.25, -0.2) is 4.39 Å². The molecule has 0 aromatic heterocycles. The molecule has 2 N–H and O–H groups in total. The van der Waals surface area contributed by atoms with E-state index in [1.807, 2.05) is 56.0 Å². The van der Waals surface area contributed by atoms with E-state index < -0.39 is 0 Å². The fourth-order valence-electron chi connectivity index (χ4n) is 4.40. The van der Waals surface area contributed by atoms with E-state index in [0.29, 0.717) is 44.1 Å². The van der Waals surface area contributed by atoms with E-state index in [1.54, 1.807) is 12.1 Å². The molecular weight excluding hydrogens is 419 g/mol. The lowest BCUT2D eigenvalue weighted by Crippen LogP contribution is -2.51. The fraction of sp³-hybridized carbons (Fsp3) is 0.462. The molecule has 0 spiro atoms. The Balaban J connectivity index is 1.67. The van der Waals surface area contributed by atoms with Crippen LogP contribution in [0.4, 0.5) is 15.8 Å². The van der Waals surface area contributed by atoms with Gasteiger partial charge in [0, 0.05) is 44.3 Å². The number of benzene rings is 2. The Kier molecular flexibility index (Phi) is 8.83. The van der Waals surface area contributed by atoms with Gasteiger partial charge in [0.05, 0.1) is 5.69 Å². The third-order valence-corrected chi connectivity index (χ3v) is 6.31. The first kappa shape index (κ1) is 24.7. The highest BCUT2D eigenvalue weighted by molar-refractivity contribution is 5.92. The molecule has 2 amide bonds. The molecule has 0 radical (unpaired) electrons. The third kappa shape index (κ3) is 6.11. The maximum atomic E-state index is 14.9. The highest BCUT2D eigenvalue weighted by Crippen LogP contribution is 2.28. The number of rotatable bonds is 9. The maximum Gasteiger partial charge on any atom is 0.241 e. The molecule has 1 fully saturated rings. The van der Waals surface area contributed by atoms with Gasteiger partial charge in [-0.15, -0.1) is 0 Å². The summed E-state index contributed by atoms with van der Waals surface area (Å²) in [5, 5.41) is 5.77. The highest BCUT2D eigenvalue weighted by Gasteiger charge is 2.30. The van der Waals surface area contributed by atoms with Crippen molar-refractivity contribution in [3.8, 4) is 0 Å². The van der Waals surface area contributed by atoms with Crippen molar-refractivity contribution in [3.63, 3.8) is 0 Å². The second-order valence-corrected chi connectivity index (χ2v) is 8.40. The van der Waals surface area contributed by atoms with E-state index >= 15 is 0 Å². The predicted octanol–water partition coefficient (Wildman–Crippen LogP) is 4.20. The Hall–Kier alpha value is -2.93. The van der Waals surface area contributed by atoms with Gasteiger partial charge in [-0.1, -0.05) is 44.2 Å². The minimum atomic E-state index is -0.360. The molecule has 1 aliphatic rings. The van der Waals surface area contributed by atoms with Crippen molar-refractivity contribution >= 4 is 23.2 Å². The standard InChI is InChI=1S/C26H35FN4O2/c1-4-19(5-2)25(32)29-21-12-13-23(22(27)18-21)30-14-16-31(17-15-30)24(26(33)28-6-3)20-10-8-7-9-11-20/h7-13,18-19,24H,4-6,14-17H2,1-3H3,(H,28,33)(H,29,32). The number of anilines is 2. The minimum absolute atomic E-state index is 0.0131. The van der Waals surface area contributed by atoms with Gasteiger partial charge >= 0.3 is 0 Å². The summed E-state index contributed by atoms with van der Waals surface area (Å²) in [5.74, 6) is -0.503. The maximum absolute atomic E-state index is 14.9. The number of carbonyl (C=O) groups is 2. The molecular formula is C26H35FN4O2. The van der Waals surface area contributed by atoms with Crippen LogP contribution >= 0.6 is 0 Å². The van der Waals surface area contributed by atoms with Crippen LogP contribution in [0.25, 0.3) is 0 Å². The second kappa shape index (κ2) is 11.8. The van der Waals surface area contributed by atoms with E-state index in [1.165, 1.54) is 6.07 Å². The predicted molar refractivity (Wildman–Crippen MR) is 131 cm³/mol. The van der Waals surface area contributed by atoms with E-state index in [-0.39, 0.29) is 29.6 Å². The van der Waals surface area contributed by atoms with Gasteiger partial charge in [0.15, 0.2) is 0 Å². The van der Waals surface area contributed by atoms with Crippen molar-refractivity contribution in [2.75, 3.05) is 42.9 Å². The molecule has 3 rings (SSSR count). The normalized spacial score (nSPS) is 15.4. The average molecular weight is 455 g/mol. The van der Waals surface area contributed by atoms with Crippen molar-refractivity contribution in [2.24, 2.45) is 5.92 Å². The first-order valence-electron chi connectivity index (χ1n) is 11.9. The molecule has 178 valence electrons. The van der Waals surface area contributed by atoms with Crippen LogP contribution in [-0.2, 0) is 9.59 Å². The molecule has 6 nitrogen and oxygen atoms in total. The number of carbonyl (C=O) groups excluding carboxylic acids is 2. The molecule has 1 heterocycles. The quantitative estimate of drug-likeness (QED) is 0.596. The van der Waals surface area contributed by atoms with Crippen LogP contribution in [-0.4, -0.2) is 49.4 Å². The number of hydrogen-bond acceptors (Lipinski definition) is 4. The summed E-state index contributed by atoms with van der Waals surface area (Å²) in [5.41, 5.74) is 1.96. The zero-order valence-corrected chi connectivity index (χ0v) is 19.8. The Morgan fingerprint density at radius 2 is 1.61 bits per heavy atom. The van der Waals surface area contributed by atoms with Crippen LogP contribution in [0.3, 0.4) is 0 Å². The summed E-state index contributed by atoms with van der Waals surface area (Å²) in [6.07, 6.45) is 1.51. The van der Waals surface area contributed by atoms with Crippen molar-refractivity contribution < 1.29 is 14.0 Å². The number of halogens is 1. The van der Waals surface area contributed by atoms with Crippen LogP contribution in [0.15, 0.2) is 48.5 Å². The van der Waals surface area contributed by atoms with Gasteiger partial charge < -0.3 is 15.5 Å². The Labute approximate surface area is 196 Å². The zero-order chi connectivity index (χ0) is 23.8. The first-order valence-corrected chi connectivity index (χ1v) is 11.9. The van der Waals surface area contributed by atoms with Gasteiger partial charge in [0.25, 0.3) is 0 Å². The Morgan fingerprint density at radius 1 is 0.939 bits per heavy atom. The highest BCUT2D eigenvalue weighted by atomic mass is 19.1. The summed E-state index contributed by atoms with van der Waals surface area (Å²) < 4.78 is 14.9. The van der Waals surface area contributed by atoms with Crippen LogP contribution in [0.5, 0.6) is 0 Å². The second-order valence-electron chi connectivity index (χ2n) is 8.40. The van der Waals surface area contributed by atoms with Crippen molar-refractivity contribution in [2.45, 2.75) is 39.7 Å². The van der Waals surface area contributed by atoms with Crippen LogP contribution in [0.1, 0.15) is 45.2 Å². The summed E-state index contributed by atoms with van der Waals surface area (Å²) in [7, 11) is 0. The van der Waals surface area contributed by atoms with Gasteiger partial charge in [-0.3, -0.25) is 14.5 Å². The lowest BCUT2D eigenvalue weighted by Gasteiger charge is -2.39. The largest absolute Gasteiger partial charge is 0.367 e. The number of likely N-dealkylation sites (N-methyl/N-ethyl adjacent to an activating group) is 1. The smallest absolute Gasteiger partial charge is 0.241 e. The number of piperazine rings is 1. The summed E-state index contributed by atoms with van der Waals surface area (Å²) >= 11 is 0. The van der Waals surface area contributed by atoms with E-state index in [0.717, 1.165) is 18.4 Å². The van der Waals surface area contributed by atoms with E-state index in [4.69, 9.17) is 0 Å². The molecule has 7 heteroatoms. The Bertz CT molecular complexity index is 925. The monoisotopic (exact) mass is 454 g/mol. The molecule has 1 aliphatic heterocycles. The molecule has 0 bridgehead atoms. The molecule has 1 atom stereocenters. The van der Waals surface area contributed by atoms with E-state index in [9.17, 15) is 14.0 Å². The number of amides is 2.